The third kappa shape index (κ3) is 3.60. The second-order valence-corrected chi connectivity index (χ2v) is 7.09. The molecule has 0 saturated heterocycles. The number of aliphatic hydroxyl groups excluding tert-OH is 1. The fourth-order valence-corrected chi connectivity index (χ4v) is 3.55. The lowest BCUT2D eigenvalue weighted by Gasteiger charge is -2.07. The van der Waals surface area contributed by atoms with Crippen LogP contribution in [0.1, 0.15) is 27.3 Å². The highest BCUT2D eigenvalue weighted by Gasteiger charge is 2.15. The summed E-state index contributed by atoms with van der Waals surface area (Å²) < 4.78 is 3.41. The minimum absolute atomic E-state index is 0.201. The van der Waals surface area contributed by atoms with Crippen LogP contribution in [0.25, 0.3) is 11.0 Å². The molecule has 138 valence electrons. The molecule has 3 heterocycles. The van der Waals surface area contributed by atoms with Gasteiger partial charge >= 0.3 is 0 Å². The smallest absolute Gasteiger partial charge is 0.273 e. The fourth-order valence-electron chi connectivity index (χ4n) is 2.84. The van der Waals surface area contributed by atoms with Crippen LogP contribution in [0.2, 0.25) is 0 Å². The number of fused-ring (bicyclic) bond motifs is 1. The molecule has 0 fully saturated rings. The monoisotopic (exact) mass is 382 g/mol. The van der Waals surface area contributed by atoms with Crippen LogP contribution in [0, 0.1) is 0 Å². The highest BCUT2D eigenvalue weighted by molar-refractivity contribution is 7.10. The third-order valence-electron chi connectivity index (χ3n) is 4.29. The van der Waals surface area contributed by atoms with E-state index in [1.807, 2.05) is 53.4 Å². The largest absolute Gasteiger partial charge is 0.386 e. The molecule has 1 atom stereocenters. The summed E-state index contributed by atoms with van der Waals surface area (Å²) in [7, 11) is 1.92. The van der Waals surface area contributed by atoms with Crippen molar-refractivity contribution in [1.29, 1.82) is 0 Å². The molecule has 1 amide bonds. The van der Waals surface area contributed by atoms with Crippen molar-refractivity contribution >= 4 is 28.3 Å². The van der Waals surface area contributed by atoms with Gasteiger partial charge in [0.05, 0.1) is 30.3 Å². The maximum Gasteiger partial charge on any atom is 0.273 e. The summed E-state index contributed by atoms with van der Waals surface area (Å²) in [6.07, 6.45) is 0.851. The van der Waals surface area contributed by atoms with Gasteiger partial charge in [0.1, 0.15) is 11.9 Å². The van der Waals surface area contributed by atoms with Crippen molar-refractivity contribution in [3.63, 3.8) is 0 Å². The summed E-state index contributed by atoms with van der Waals surface area (Å²) in [6.45, 7) is 0.528. The van der Waals surface area contributed by atoms with E-state index in [0.29, 0.717) is 0 Å². The number of carbonyl (C=O) groups is 1. The topological polar surface area (TPSA) is 97.9 Å². The van der Waals surface area contributed by atoms with E-state index in [4.69, 9.17) is 0 Å². The molecular weight excluding hydrogens is 364 g/mol. The number of nitrogens with one attached hydrogen (secondary N) is 1. The first-order valence-corrected chi connectivity index (χ1v) is 9.30. The molecule has 0 saturated carbocycles. The van der Waals surface area contributed by atoms with Crippen LogP contribution in [0.3, 0.4) is 0 Å². The predicted octanol–water partition coefficient (Wildman–Crippen LogP) is 1.89. The average molecular weight is 382 g/mol. The number of para-hydroxylation sites is 2. The standard InChI is InChI=1S/C18H18N6O2S/c1-23-14-6-3-2-5-12(14)20-17(23)9-19-18(26)13-10-24(22-21-13)11-15(25)16-7-4-8-27-16/h2-8,10,15,25H,9,11H2,1H3,(H,19,26)/t15-/m0/s1. The van der Waals surface area contributed by atoms with Crippen molar-refractivity contribution in [2.24, 2.45) is 7.05 Å². The van der Waals surface area contributed by atoms with Gasteiger partial charge in [-0.3, -0.25) is 4.79 Å². The van der Waals surface area contributed by atoms with Crippen LogP contribution in [0.15, 0.2) is 48.0 Å². The summed E-state index contributed by atoms with van der Waals surface area (Å²) >= 11 is 1.47. The second-order valence-electron chi connectivity index (χ2n) is 6.12. The van der Waals surface area contributed by atoms with Crippen LogP contribution >= 0.6 is 11.3 Å². The number of amides is 1. The third-order valence-corrected chi connectivity index (χ3v) is 5.26. The number of hydrogen-bond acceptors (Lipinski definition) is 6. The highest BCUT2D eigenvalue weighted by atomic mass is 32.1. The highest BCUT2D eigenvalue weighted by Crippen LogP contribution is 2.20. The van der Waals surface area contributed by atoms with Gasteiger partial charge in [-0.1, -0.05) is 23.4 Å². The Kier molecular flexibility index (Phi) is 4.69. The number of aliphatic hydroxyl groups is 1. The molecule has 0 aliphatic heterocycles. The molecular formula is C18H18N6O2S. The van der Waals surface area contributed by atoms with Crippen molar-refractivity contribution in [3.8, 4) is 0 Å². The predicted molar refractivity (Wildman–Crippen MR) is 101 cm³/mol. The lowest BCUT2D eigenvalue weighted by atomic mass is 10.3. The van der Waals surface area contributed by atoms with Crippen LogP contribution < -0.4 is 5.32 Å². The van der Waals surface area contributed by atoms with Gasteiger partial charge in [0.25, 0.3) is 5.91 Å². The van der Waals surface area contributed by atoms with Crippen LogP contribution in [-0.2, 0) is 20.1 Å². The second kappa shape index (κ2) is 7.29. The van der Waals surface area contributed by atoms with Crippen molar-refractivity contribution in [1.82, 2.24) is 29.9 Å². The SMILES string of the molecule is Cn1c(CNC(=O)c2cn(C[C@H](O)c3cccs3)nn2)nc2ccccc21. The van der Waals surface area contributed by atoms with Crippen LogP contribution in [-0.4, -0.2) is 35.6 Å². The molecule has 0 radical (unpaired) electrons. The molecule has 8 nitrogen and oxygen atoms in total. The van der Waals surface area contributed by atoms with E-state index >= 15 is 0 Å². The number of benzene rings is 1. The van der Waals surface area contributed by atoms with Gasteiger partial charge in [0.15, 0.2) is 5.69 Å². The van der Waals surface area contributed by atoms with E-state index in [1.54, 1.807) is 0 Å². The Morgan fingerprint density at radius 3 is 2.93 bits per heavy atom. The molecule has 4 rings (SSSR count). The number of aryl methyl sites for hydroxylation is 1. The quantitative estimate of drug-likeness (QED) is 0.531. The normalized spacial score (nSPS) is 12.4. The molecule has 0 unspecified atom stereocenters. The summed E-state index contributed by atoms with van der Waals surface area (Å²) in [5.41, 5.74) is 2.10. The molecule has 4 aromatic rings. The lowest BCUT2D eigenvalue weighted by Crippen LogP contribution is -2.24. The molecule has 3 aromatic heterocycles. The first-order chi connectivity index (χ1) is 13.1. The van der Waals surface area contributed by atoms with Gasteiger partial charge in [-0.2, -0.15) is 0 Å². The van der Waals surface area contributed by atoms with E-state index in [0.717, 1.165) is 21.7 Å². The Bertz CT molecular complexity index is 1070. The van der Waals surface area contributed by atoms with Crippen LogP contribution in [0.5, 0.6) is 0 Å². The zero-order chi connectivity index (χ0) is 18.8. The average Bonchev–Trinajstić information content (AvgIpc) is 3.41. The molecule has 27 heavy (non-hydrogen) atoms. The maximum atomic E-state index is 12.3. The first kappa shape index (κ1) is 17.4. The van der Waals surface area contributed by atoms with Crippen molar-refractivity contribution < 1.29 is 9.90 Å². The van der Waals surface area contributed by atoms with Crippen LogP contribution in [0.4, 0.5) is 0 Å². The Labute approximate surface area is 159 Å². The molecule has 1 aromatic carbocycles. The van der Waals surface area contributed by atoms with Gasteiger partial charge in [0, 0.05) is 11.9 Å². The summed E-state index contributed by atoms with van der Waals surface area (Å²) in [5, 5.41) is 22.7. The lowest BCUT2D eigenvalue weighted by molar-refractivity contribution is 0.0944. The number of rotatable bonds is 6. The Morgan fingerprint density at radius 2 is 2.15 bits per heavy atom. The van der Waals surface area contributed by atoms with Gasteiger partial charge in [0.2, 0.25) is 0 Å². The Balaban J connectivity index is 1.40. The number of carbonyl (C=O) groups excluding carboxylic acids is 1. The zero-order valence-corrected chi connectivity index (χ0v) is 15.4. The van der Waals surface area contributed by atoms with Crippen molar-refractivity contribution in [2.75, 3.05) is 0 Å². The van der Waals surface area contributed by atoms with E-state index < -0.39 is 6.10 Å². The summed E-state index contributed by atoms with van der Waals surface area (Å²) in [5.74, 6) is 0.420. The summed E-state index contributed by atoms with van der Waals surface area (Å²) in [4.78, 5) is 17.7. The van der Waals surface area contributed by atoms with Gasteiger partial charge in [-0.05, 0) is 23.6 Å². The van der Waals surface area contributed by atoms with Gasteiger partial charge < -0.3 is 15.0 Å². The number of hydrogen-bond donors (Lipinski definition) is 2. The number of nitrogens with zero attached hydrogens (tertiary/aromatic N) is 5. The van der Waals surface area contributed by atoms with E-state index in [9.17, 15) is 9.90 Å². The van der Waals surface area contributed by atoms with E-state index in [2.05, 4.69) is 20.6 Å². The summed E-state index contributed by atoms with van der Waals surface area (Å²) in [6, 6.07) is 11.5. The maximum absolute atomic E-state index is 12.3. The van der Waals surface area contributed by atoms with E-state index in [1.165, 1.54) is 22.2 Å². The van der Waals surface area contributed by atoms with Gasteiger partial charge in [-0.15, -0.1) is 16.4 Å². The Hall–Kier alpha value is -3.04. The minimum Gasteiger partial charge on any atom is -0.386 e. The number of imidazole rings is 1. The molecule has 0 spiro atoms. The van der Waals surface area contributed by atoms with Crippen molar-refractivity contribution in [2.45, 2.75) is 19.2 Å². The minimum atomic E-state index is -0.678. The Morgan fingerprint density at radius 1 is 1.30 bits per heavy atom. The van der Waals surface area contributed by atoms with Gasteiger partial charge in [-0.25, -0.2) is 9.67 Å². The fraction of sp³-hybridized carbons (Fsp3) is 0.222. The molecule has 0 bridgehead atoms. The molecule has 9 heteroatoms. The molecule has 0 aliphatic carbocycles. The first-order valence-electron chi connectivity index (χ1n) is 8.42. The van der Waals surface area contributed by atoms with Crippen molar-refractivity contribution in [3.05, 3.63) is 64.4 Å². The zero-order valence-electron chi connectivity index (χ0n) is 14.6. The molecule has 0 aliphatic rings. The number of aromatic nitrogens is 5. The number of thiophene rings is 1. The van der Waals surface area contributed by atoms with E-state index in [-0.39, 0.29) is 24.7 Å². The molecule has 2 N–H and O–H groups in total.